The Balaban J connectivity index is 0.000000153. The summed E-state index contributed by atoms with van der Waals surface area (Å²) in [6, 6.07) is 12.6. The van der Waals surface area contributed by atoms with Gasteiger partial charge < -0.3 is 56.7 Å². The van der Waals surface area contributed by atoms with Crippen molar-refractivity contribution in [3.8, 4) is 6.07 Å². The fourth-order valence-corrected chi connectivity index (χ4v) is 12.3. The lowest BCUT2D eigenvalue weighted by Gasteiger charge is -2.28. The highest BCUT2D eigenvalue weighted by molar-refractivity contribution is 8.03. The first-order chi connectivity index (χ1) is 43.3. The van der Waals surface area contributed by atoms with Gasteiger partial charge in [0.2, 0.25) is 0 Å². The second-order valence-corrected chi connectivity index (χ2v) is 23.1. The fraction of sp³-hybridized carbons (Fsp3) is 0.417. The molecule has 0 atom stereocenters. The molecule has 7 aliphatic rings. The van der Waals surface area contributed by atoms with E-state index in [2.05, 4.69) is 122 Å². The van der Waals surface area contributed by atoms with Gasteiger partial charge in [-0.2, -0.15) is 24.6 Å². The van der Waals surface area contributed by atoms with Crippen LogP contribution in [0, 0.1) is 37.6 Å². The first-order valence-corrected chi connectivity index (χ1v) is 31.4. The molecule has 1 aromatic carbocycles. The molecule has 0 amide bonds. The minimum Gasteiger partial charge on any atom is -0.399 e. The predicted octanol–water partition coefficient (Wildman–Crippen LogP) is 7.21. The molecule has 12 rings (SSSR count). The van der Waals surface area contributed by atoms with Crippen molar-refractivity contribution in [3.63, 3.8) is 0 Å². The second-order valence-electron chi connectivity index (χ2n) is 19.6. The van der Waals surface area contributed by atoms with Gasteiger partial charge in [0.15, 0.2) is 10.1 Å². The Kier molecular flexibility index (Phi) is 25.9. The number of rotatable bonds is 9. The number of ether oxygens (including phenoxy) is 3. The summed E-state index contributed by atoms with van der Waals surface area (Å²) < 4.78 is 17.0. The number of morpholine rings is 3. The number of fused-ring (bicyclic) bond motifs is 4. The molecule has 0 radical (unpaired) electrons. The SMILES string of the molecule is CCC1=NCc2ncnc(N)c21.N#CC1=C(N)CN=C1N1CCOCC1.Nc1ncnc2c1C(N1CCOCC1)=NC2.Nc1ncnc2c1C(c1cc3ccccc3s1)=NC2.[C-]#[N+]C([N+]#[C-])=C(SCC)N1CCOCC1.[C-]#[N+]C([N+]#[C-])=C(SCCC)N(C)C. The van der Waals surface area contributed by atoms with E-state index in [9.17, 15) is 0 Å². The van der Waals surface area contributed by atoms with Gasteiger partial charge in [0.05, 0.1) is 116 Å². The van der Waals surface area contributed by atoms with E-state index in [1.807, 2.05) is 38.1 Å². The minimum absolute atomic E-state index is 0.170. The molecular weight excluding hydrogens is 1190 g/mol. The van der Waals surface area contributed by atoms with E-state index in [1.165, 1.54) is 29.1 Å². The molecule has 8 N–H and O–H groups in total. The van der Waals surface area contributed by atoms with Crippen LogP contribution in [-0.2, 0) is 33.8 Å². The summed E-state index contributed by atoms with van der Waals surface area (Å²) in [5.41, 5.74) is 31.9. The van der Waals surface area contributed by atoms with E-state index in [0.29, 0.717) is 81.3 Å². The monoisotopic (exact) mass is 1260 g/mol. The lowest BCUT2D eigenvalue weighted by atomic mass is 10.1. The lowest BCUT2D eigenvalue weighted by Crippen LogP contribution is -2.41. The summed E-state index contributed by atoms with van der Waals surface area (Å²) in [7, 11) is 3.71. The van der Waals surface area contributed by atoms with E-state index in [-0.39, 0.29) is 11.6 Å². The normalized spacial score (nSPS) is 15.6. The van der Waals surface area contributed by atoms with Crippen LogP contribution in [0.3, 0.4) is 0 Å². The van der Waals surface area contributed by atoms with Crippen LogP contribution in [0.2, 0.25) is 0 Å². The van der Waals surface area contributed by atoms with Crippen LogP contribution in [0.5, 0.6) is 0 Å². The molecule has 0 spiro atoms. The number of nitrogen functional groups attached to an aromatic ring is 3. The van der Waals surface area contributed by atoms with E-state index in [1.54, 1.807) is 34.9 Å². The van der Waals surface area contributed by atoms with E-state index >= 15 is 0 Å². The van der Waals surface area contributed by atoms with Crippen LogP contribution in [0.15, 0.2) is 102 Å². The molecule has 26 nitrogen and oxygen atoms in total. The summed E-state index contributed by atoms with van der Waals surface area (Å²) >= 11 is 4.85. The first kappa shape index (κ1) is 67.3. The highest BCUT2D eigenvalue weighted by atomic mass is 32.2. The molecule has 29 heteroatoms. The maximum Gasteiger partial charge on any atom is 0.549 e. The van der Waals surface area contributed by atoms with Gasteiger partial charge in [0, 0.05) is 63.8 Å². The zero-order valence-electron chi connectivity index (χ0n) is 50.5. The summed E-state index contributed by atoms with van der Waals surface area (Å²) in [5.74, 6) is 5.44. The number of thioether (sulfide) groups is 2. The van der Waals surface area contributed by atoms with Crippen LogP contribution in [-0.4, -0.2) is 184 Å². The highest BCUT2D eigenvalue weighted by Crippen LogP contribution is 2.33. The van der Waals surface area contributed by atoms with Crippen molar-refractivity contribution in [1.29, 1.82) is 5.26 Å². The number of nitrogens with zero attached hydrogens (tertiary/aromatic N) is 19. The largest absolute Gasteiger partial charge is 0.549 e. The van der Waals surface area contributed by atoms with Gasteiger partial charge in [-0.15, -0.1) is 34.9 Å². The average Bonchev–Trinajstić information content (AvgIpc) is 1.96. The Morgan fingerprint density at radius 3 is 1.71 bits per heavy atom. The molecule has 0 saturated carbocycles. The number of nitrogens with two attached hydrogens (primary N) is 4. The molecule has 7 aliphatic heterocycles. The number of aromatic nitrogens is 6. The number of nitriles is 1. The Morgan fingerprint density at radius 1 is 0.640 bits per heavy atom. The maximum absolute atomic E-state index is 8.91. The Hall–Kier alpha value is -9.25. The standard InChI is InChI=1S/C14H10N4S.C10H13N5O.C10H13N3OS.C9H12N4O.C9H13N3S.C8H10N4/c15-14-12-9(17-7-18-14)6-16-13(12)11-5-8-3-1-2-4-10(8)19-11;11-9-8-7(13-6-14-9)5-12-10(8)15-1-3-16-4-2-15;1-4-15-10(9(11-2)12-3)13-5-7-14-8-6-13;10-5-7-8(11)6-12-9(7)13-1-3-14-4-2-13;1-6-7-13-9(12(4)5)8(10-2)11-3;1-2-5-7-6(3-10-5)11-4-12-8(7)9/h1-5,7H,6H2,(H2,15,17,18);6H,1-5H2,(H2,11,13,14);4-8H2,1H3;1-4,6,11H2;6-7H2,1,4-5H3;4H,2-3H2,1H3,(H2,9,11,12). The summed E-state index contributed by atoms with van der Waals surface area (Å²) in [6.07, 6.45) is 6.42. The van der Waals surface area contributed by atoms with Crippen LogP contribution in [0.1, 0.15) is 72.3 Å². The Morgan fingerprint density at radius 2 is 1.16 bits per heavy atom. The van der Waals surface area contributed by atoms with Gasteiger partial charge in [0.25, 0.3) is 0 Å². The van der Waals surface area contributed by atoms with E-state index in [0.717, 1.165) is 149 Å². The molecule has 0 aliphatic carbocycles. The quantitative estimate of drug-likeness (QED) is 0.106. The number of hydrogen-bond donors (Lipinski definition) is 4. The van der Waals surface area contributed by atoms with Crippen LogP contribution in [0.4, 0.5) is 17.5 Å². The van der Waals surface area contributed by atoms with Crippen LogP contribution in [0.25, 0.3) is 29.5 Å². The Bertz CT molecular complexity index is 3680. The average molecular weight is 1260 g/mol. The molecule has 4 aromatic heterocycles. The van der Waals surface area contributed by atoms with Gasteiger partial charge >= 0.3 is 11.6 Å². The van der Waals surface area contributed by atoms with Crippen molar-refractivity contribution in [2.75, 3.05) is 128 Å². The van der Waals surface area contributed by atoms with Gasteiger partial charge in [-0.1, -0.05) is 39.0 Å². The number of anilines is 3. The van der Waals surface area contributed by atoms with Gasteiger partial charge in [0.1, 0.15) is 86.0 Å². The molecule has 0 unspecified atom stereocenters. The fourth-order valence-electron chi connectivity index (χ4n) is 9.47. The zero-order valence-corrected chi connectivity index (χ0v) is 53.0. The third-order valence-corrected chi connectivity index (χ3v) is 17.3. The third-order valence-electron chi connectivity index (χ3n) is 13.7. The number of thiophene rings is 1. The lowest BCUT2D eigenvalue weighted by molar-refractivity contribution is 0.0574. The van der Waals surface area contributed by atoms with Gasteiger partial charge in [-0.25, -0.2) is 29.9 Å². The number of amidine groups is 2. The van der Waals surface area contributed by atoms with Crippen molar-refractivity contribution >= 4 is 85.5 Å². The smallest absolute Gasteiger partial charge is 0.399 e. The molecule has 5 aromatic rings. The van der Waals surface area contributed by atoms with E-state index < -0.39 is 0 Å². The number of aliphatic imine (C=N–C) groups is 4. The Labute approximate surface area is 531 Å². The molecule has 3 fully saturated rings. The molecule has 462 valence electrons. The van der Waals surface area contributed by atoms with Crippen molar-refractivity contribution in [2.24, 2.45) is 25.7 Å². The second kappa shape index (κ2) is 34.3. The van der Waals surface area contributed by atoms with Crippen molar-refractivity contribution in [1.82, 2.24) is 49.5 Å². The zero-order chi connectivity index (χ0) is 63.7. The summed E-state index contributed by atoms with van der Waals surface area (Å²) in [5, 5.41) is 11.7. The van der Waals surface area contributed by atoms with Crippen molar-refractivity contribution < 1.29 is 14.2 Å². The third kappa shape index (κ3) is 17.5. The van der Waals surface area contributed by atoms with Crippen molar-refractivity contribution in [2.45, 2.75) is 53.2 Å². The van der Waals surface area contributed by atoms with E-state index in [4.69, 9.17) is 68.7 Å². The maximum atomic E-state index is 8.91. The minimum atomic E-state index is 0.170. The molecule has 89 heavy (non-hydrogen) atoms. The van der Waals surface area contributed by atoms with Crippen molar-refractivity contribution in [3.05, 3.63) is 167 Å². The highest BCUT2D eigenvalue weighted by Gasteiger charge is 2.29. The molecule has 0 bridgehead atoms. The summed E-state index contributed by atoms with van der Waals surface area (Å²) in [4.78, 5) is 64.4. The predicted molar refractivity (Wildman–Crippen MR) is 353 cm³/mol. The number of hydrogen-bond acceptors (Lipinski definition) is 25. The van der Waals surface area contributed by atoms with Crippen LogP contribution < -0.4 is 22.9 Å². The molecule has 11 heterocycles. The van der Waals surface area contributed by atoms with Crippen LogP contribution >= 0.6 is 34.9 Å². The van der Waals surface area contributed by atoms with Gasteiger partial charge in [-0.05, 0) is 41.9 Å². The number of benzene rings is 1. The summed E-state index contributed by atoms with van der Waals surface area (Å²) in [6.45, 7) is 45.1. The van der Waals surface area contributed by atoms with Gasteiger partial charge in [-0.3, -0.25) is 20.0 Å². The first-order valence-electron chi connectivity index (χ1n) is 28.6. The molecule has 3 saturated heterocycles. The molecular formula is C60H71N23O3S3. The topological polar surface area (TPSA) is 313 Å².